The molecule has 0 rings (SSSR count). The predicted molar refractivity (Wildman–Crippen MR) is 66.7 cm³/mol. The van der Waals surface area contributed by atoms with Gasteiger partial charge in [0.25, 0.3) is 0 Å². The number of nitrogens with zero attached hydrogens (tertiary/aromatic N) is 2. The van der Waals surface area contributed by atoms with E-state index in [0.717, 1.165) is 0 Å². The highest BCUT2D eigenvalue weighted by Crippen LogP contribution is 2.01. The topological polar surface area (TPSA) is 49.9 Å². The zero-order valence-corrected chi connectivity index (χ0v) is 11.5. The fourth-order valence-corrected chi connectivity index (χ4v) is 1.36. The predicted octanol–water partition coefficient (Wildman–Crippen LogP) is 0.738. The molecule has 0 saturated heterocycles. The van der Waals surface area contributed by atoms with Crippen LogP contribution in [0.15, 0.2) is 0 Å². The molecule has 0 heterocycles. The third-order valence-corrected chi connectivity index (χ3v) is 2.48. The van der Waals surface area contributed by atoms with Crippen LogP contribution in [0, 0.1) is 0 Å². The maximum atomic E-state index is 11.5. The Bertz CT molecular complexity index is 252. The highest BCUT2D eigenvalue weighted by molar-refractivity contribution is 5.76. The molecule has 0 saturated carbocycles. The lowest BCUT2D eigenvalue weighted by Gasteiger charge is -2.25. The summed E-state index contributed by atoms with van der Waals surface area (Å²) in [4.78, 5) is 26.3. The van der Waals surface area contributed by atoms with Crippen molar-refractivity contribution < 1.29 is 14.3 Å². The molecule has 5 heteroatoms. The highest BCUT2D eigenvalue weighted by atomic mass is 16.5. The standard InChI is InChI=1S/C12H24N2O3/c1-6-17-12(16)9-14(10(2)3)8-7-11(15)13(4)5/h10H,6-9H2,1-5H3. The number of hydrogen-bond acceptors (Lipinski definition) is 4. The number of hydrogen-bond donors (Lipinski definition) is 0. The summed E-state index contributed by atoms with van der Waals surface area (Å²) in [5.41, 5.74) is 0. The van der Waals surface area contributed by atoms with Crippen molar-refractivity contribution in [1.29, 1.82) is 0 Å². The molecule has 100 valence electrons. The van der Waals surface area contributed by atoms with Crippen LogP contribution >= 0.6 is 0 Å². The van der Waals surface area contributed by atoms with Crippen LogP contribution in [0.25, 0.3) is 0 Å². The number of rotatable bonds is 7. The van der Waals surface area contributed by atoms with Crippen LogP contribution in [0.5, 0.6) is 0 Å². The van der Waals surface area contributed by atoms with Crippen LogP contribution < -0.4 is 0 Å². The second-order valence-electron chi connectivity index (χ2n) is 4.41. The molecular formula is C12H24N2O3. The van der Waals surface area contributed by atoms with E-state index in [1.807, 2.05) is 18.7 Å². The smallest absolute Gasteiger partial charge is 0.320 e. The quantitative estimate of drug-likeness (QED) is 0.620. The molecule has 0 N–H and O–H groups in total. The van der Waals surface area contributed by atoms with Crippen molar-refractivity contribution in [3.63, 3.8) is 0 Å². The van der Waals surface area contributed by atoms with Gasteiger partial charge in [-0.15, -0.1) is 0 Å². The van der Waals surface area contributed by atoms with Gasteiger partial charge < -0.3 is 9.64 Å². The minimum absolute atomic E-state index is 0.0690. The molecule has 0 bridgehead atoms. The van der Waals surface area contributed by atoms with Crippen molar-refractivity contribution >= 4 is 11.9 Å². The van der Waals surface area contributed by atoms with Gasteiger partial charge in [-0.2, -0.15) is 0 Å². The van der Waals surface area contributed by atoms with E-state index in [2.05, 4.69) is 0 Å². The lowest BCUT2D eigenvalue weighted by Crippen LogP contribution is -2.39. The summed E-state index contributed by atoms with van der Waals surface area (Å²) in [6.07, 6.45) is 0.421. The van der Waals surface area contributed by atoms with Crippen molar-refractivity contribution in [2.75, 3.05) is 33.8 Å². The first-order valence-corrected chi connectivity index (χ1v) is 5.98. The Morgan fingerprint density at radius 3 is 2.24 bits per heavy atom. The first-order valence-electron chi connectivity index (χ1n) is 5.98. The fraction of sp³-hybridized carbons (Fsp3) is 0.833. The number of amides is 1. The molecule has 0 unspecified atom stereocenters. The van der Waals surface area contributed by atoms with Gasteiger partial charge in [0.2, 0.25) is 5.91 Å². The van der Waals surface area contributed by atoms with Crippen molar-refractivity contribution in [3.05, 3.63) is 0 Å². The average molecular weight is 244 g/mol. The minimum Gasteiger partial charge on any atom is -0.465 e. The molecule has 0 aromatic carbocycles. The molecule has 0 aliphatic heterocycles. The lowest BCUT2D eigenvalue weighted by atomic mass is 10.2. The van der Waals surface area contributed by atoms with Gasteiger partial charge in [0.15, 0.2) is 0 Å². The molecule has 17 heavy (non-hydrogen) atoms. The first-order chi connectivity index (χ1) is 7.88. The molecule has 5 nitrogen and oxygen atoms in total. The van der Waals surface area contributed by atoms with E-state index in [0.29, 0.717) is 19.6 Å². The Kier molecular flexibility index (Phi) is 7.54. The van der Waals surface area contributed by atoms with Gasteiger partial charge in [0.05, 0.1) is 13.2 Å². The zero-order valence-electron chi connectivity index (χ0n) is 11.5. The Morgan fingerprint density at radius 2 is 1.82 bits per heavy atom. The van der Waals surface area contributed by atoms with E-state index in [9.17, 15) is 9.59 Å². The van der Waals surface area contributed by atoms with Crippen LogP contribution in [0.4, 0.5) is 0 Å². The number of esters is 1. The van der Waals surface area contributed by atoms with Crippen molar-refractivity contribution in [3.8, 4) is 0 Å². The van der Waals surface area contributed by atoms with E-state index in [1.165, 1.54) is 0 Å². The molecule has 1 amide bonds. The summed E-state index contributed by atoms with van der Waals surface area (Å²) >= 11 is 0. The SMILES string of the molecule is CCOC(=O)CN(CCC(=O)N(C)C)C(C)C. The Morgan fingerprint density at radius 1 is 1.24 bits per heavy atom. The number of ether oxygens (including phenoxy) is 1. The second kappa shape index (κ2) is 8.06. The third kappa shape index (κ3) is 6.94. The Hall–Kier alpha value is -1.10. The number of carbonyl (C=O) groups excluding carboxylic acids is 2. The van der Waals surface area contributed by atoms with Crippen LogP contribution in [0.1, 0.15) is 27.2 Å². The van der Waals surface area contributed by atoms with Crippen LogP contribution in [0.3, 0.4) is 0 Å². The maximum absolute atomic E-state index is 11.5. The van der Waals surface area contributed by atoms with E-state index >= 15 is 0 Å². The van der Waals surface area contributed by atoms with E-state index in [-0.39, 0.29) is 24.5 Å². The summed E-state index contributed by atoms with van der Waals surface area (Å²) in [7, 11) is 3.46. The van der Waals surface area contributed by atoms with E-state index < -0.39 is 0 Å². The normalized spacial score (nSPS) is 10.8. The summed E-state index contributed by atoms with van der Waals surface area (Å²) in [6, 6.07) is 0.217. The average Bonchev–Trinajstić information content (AvgIpc) is 2.23. The first kappa shape index (κ1) is 15.9. The van der Waals surface area contributed by atoms with Gasteiger partial charge in [-0.25, -0.2) is 0 Å². The fourth-order valence-electron chi connectivity index (χ4n) is 1.36. The monoisotopic (exact) mass is 244 g/mol. The minimum atomic E-state index is -0.237. The van der Waals surface area contributed by atoms with E-state index in [1.54, 1.807) is 25.9 Å². The Balaban J connectivity index is 4.16. The van der Waals surface area contributed by atoms with Crippen LogP contribution in [-0.4, -0.2) is 61.5 Å². The van der Waals surface area contributed by atoms with Gasteiger partial charge >= 0.3 is 5.97 Å². The molecule has 0 aliphatic rings. The van der Waals surface area contributed by atoms with Crippen molar-refractivity contribution in [2.24, 2.45) is 0 Å². The Labute approximate surface area is 104 Å². The molecule has 0 aromatic heterocycles. The summed E-state index contributed by atoms with van der Waals surface area (Å²) < 4.78 is 4.90. The van der Waals surface area contributed by atoms with E-state index in [4.69, 9.17) is 4.74 Å². The summed E-state index contributed by atoms with van der Waals surface area (Å²) in [5, 5.41) is 0. The number of carbonyl (C=O) groups is 2. The molecule has 0 fully saturated rings. The second-order valence-corrected chi connectivity index (χ2v) is 4.41. The van der Waals surface area contributed by atoms with Gasteiger partial charge in [-0.1, -0.05) is 0 Å². The molecule has 0 radical (unpaired) electrons. The highest BCUT2D eigenvalue weighted by Gasteiger charge is 2.16. The summed E-state index contributed by atoms with van der Waals surface area (Å²) in [6.45, 7) is 6.99. The lowest BCUT2D eigenvalue weighted by molar-refractivity contribution is -0.145. The van der Waals surface area contributed by atoms with Gasteiger partial charge in [0.1, 0.15) is 0 Å². The van der Waals surface area contributed by atoms with Gasteiger partial charge in [0, 0.05) is 33.1 Å². The summed E-state index contributed by atoms with van der Waals surface area (Å²) in [5.74, 6) is -0.169. The van der Waals surface area contributed by atoms with Crippen LogP contribution in [0.2, 0.25) is 0 Å². The maximum Gasteiger partial charge on any atom is 0.320 e. The zero-order chi connectivity index (χ0) is 13.4. The van der Waals surface area contributed by atoms with Gasteiger partial charge in [-0.05, 0) is 20.8 Å². The molecule has 0 spiro atoms. The van der Waals surface area contributed by atoms with Crippen molar-refractivity contribution in [2.45, 2.75) is 33.2 Å². The molecule has 0 aromatic rings. The largest absolute Gasteiger partial charge is 0.465 e. The van der Waals surface area contributed by atoms with Crippen molar-refractivity contribution in [1.82, 2.24) is 9.80 Å². The van der Waals surface area contributed by atoms with Gasteiger partial charge in [-0.3, -0.25) is 14.5 Å². The molecule has 0 atom stereocenters. The molecule has 0 aliphatic carbocycles. The third-order valence-electron chi connectivity index (χ3n) is 2.48. The van der Waals surface area contributed by atoms with Crippen LogP contribution in [-0.2, 0) is 14.3 Å². The molecular weight excluding hydrogens is 220 g/mol.